The normalized spacial score (nSPS) is 8.34. The van der Waals surface area contributed by atoms with Crippen LogP contribution in [0.4, 0.5) is 0 Å². The zero-order valence-corrected chi connectivity index (χ0v) is 18.1. The number of hydrogen-bond acceptors (Lipinski definition) is 7. The largest absolute Gasteiger partial charge is 1.00 e. The summed E-state index contributed by atoms with van der Waals surface area (Å²) in [7, 11) is 1.14. The first-order valence-electron chi connectivity index (χ1n) is 7.87. The minimum atomic E-state index is -2.23. The molecular formula is C18H19B3NNaO6. The van der Waals surface area contributed by atoms with Gasteiger partial charge < -0.3 is 35.6 Å². The first-order valence-corrected chi connectivity index (χ1v) is 7.87. The minimum Gasteiger partial charge on any atom is -0.860 e. The van der Waals surface area contributed by atoms with Crippen molar-refractivity contribution in [3.63, 3.8) is 0 Å². The molecular weight excluding hydrogens is 382 g/mol. The van der Waals surface area contributed by atoms with E-state index in [1.165, 1.54) is 0 Å². The van der Waals surface area contributed by atoms with E-state index in [1.54, 1.807) is 60.7 Å². The van der Waals surface area contributed by atoms with E-state index in [0.717, 1.165) is 5.46 Å². The van der Waals surface area contributed by atoms with Crippen LogP contribution in [-0.4, -0.2) is 27.5 Å². The topological polar surface area (TPSA) is 143 Å². The van der Waals surface area contributed by atoms with E-state index in [1.807, 2.05) is 30.3 Å². The van der Waals surface area contributed by atoms with Crippen molar-refractivity contribution in [3.8, 4) is 11.5 Å². The summed E-state index contributed by atoms with van der Waals surface area (Å²) in [6.45, 7) is 0. The van der Waals surface area contributed by atoms with Gasteiger partial charge in [-0.25, -0.2) is 0 Å². The second kappa shape index (κ2) is 18.3. The Morgan fingerprint density at radius 3 is 1.28 bits per heavy atom. The summed E-state index contributed by atoms with van der Waals surface area (Å²) in [5.74, 6) is 0.697. The predicted molar refractivity (Wildman–Crippen MR) is 105 cm³/mol. The maximum Gasteiger partial charge on any atom is 1.00 e. The Balaban J connectivity index is 0. The van der Waals surface area contributed by atoms with Crippen molar-refractivity contribution in [2.75, 3.05) is 0 Å². The van der Waals surface area contributed by atoms with E-state index in [4.69, 9.17) is 12.9 Å². The van der Waals surface area contributed by atoms with Crippen LogP contribution in [0.25, 0.3) is 0 Å². The fourth-order valence-corrected chi connectivity index (χ4v) is 1.68. The van der Waals surface area contributed by atoms with E-state index >= 15 is 0 Å². The Labute approximate surface area is 195 Å². The minimum absolute atomic E-state index is 0. The molecule has 142 valence electrons. The van der Waals surface area contributed by atoms with Crippen molar-refractivity contribution < 1.29 is 59.0 Å². The van der Waals surface area contributed by atoms with Gasteiger partial charge in [0.15, 0.2) is 0 Å². The molecule has 0 unspecified atom stereocenters. The average molecular weight is 401 g/mol. The van der Waals surface area contributed by atoms with Crippen molar-refractivity contribution in [2.45, 2.75) is 0 Å². The molecule has 0 aromatic heterocycles. The van der Waals surface area contributed by atoms with Gasteiger partial charge in [0.1, 0.15) is 7.32 Å². The van der Waals surface area contributed by atoms with Crippen LogP contribution >= 0.6 is 0 Å². The Kier molecular flexibility index (Phi) is 18.6. The molecule has 7 nitrogen and oxygen atoms in total. The summed E-state index contributed by atoms with van der Waals surface area (Å²) in [5.41, 5.74) is 0.822. The van der Waals surface area contributed by atoms with Crippen LogP contribution in [0.5, 0.6) is 11.5 Å². The number of rotatable bonds is 4. The number of para-hydroxylation sites is 2. The van der Waals surface area contributed by atoms with Crippen molar-refractivity contribution in [3.05, 3.63) is 91.0 Å². The van der Waals surface area contributed by atoms with Gasteiger partial charge in [0.25, 0.3) is 0 Å². The van der Waals surface area contributed by atoms with Crippen LogP contribution in [0.3, 0.4) is 0 Å². The van der Waals surface area contributed by atoms with Gasteiger partial charge in [-0.15, -0.1) is 0 Å². The van der Waals surface area contributed by atoms with Gasteiger partial charge in [0, 0.05) is 0 Å². The molecule has 0 aliphatic rings. The molecule has 29 heavy (non-hydrogen) atoms. The van der Waals surface area contributed by atoms with Crippen molar-refractivity contribution >= 4 is 28.0 Å². The summed E-state index contributed by atoms with van der Waals surface area (Å²) >= 11 is 0. The van der Waals surface area contributed by atoms with Gasteiger partial charge in [0.2, 0.25) is 0 Å². The van der Waals surface area contributed by atoms with Gasteiger partial charge in [0.05, 0.1) is 11.5 Å². The van der Waals surface area contributed by atoms with E-state index in [9.17, 15) is 15.1 Å². The second-order valence-corrected chi connectivity index (χ2v) is 4.87. The van der Waals surface area contributed by atoms with Crippen LogP contribution in [0.1, 0.15) is 0 Å². The maximum atomic E-state index is 10.0. The standard InChI is InChI=1S/C6H6BO3.C6H5BO3.C6H5B.H3N.Na/c2*8-7(9)10-6-4-2-1-3-5-6;7-6-4-2-1-3-5-6;;/h1-5,8H;1-5H;1-5H;1H3;/q-1;-2;+2;;+1. The van der Waals surface area contributed by atoms with Crippen LogP contribution in [0, 0.1) is 0 Å². The molecule has 3 aromatic rings. The Morgan fingerprint density at radius 2 is 1.00 bits per heavy atom. The monoisotopic (exact) mass is 401 g/mol. The maximum absolute atomic E-state index is 10.0. The zero-order chi connectivity index (χ0) is 19.9. The molecule has 0 bridgehead atoms. The molecule has 3 aromatic carbocycles. The predicted octanol–water partition coefficient (Wildman–Crippen LogP) is -4.18. The molecule has 0 aliphatic heterocycles. The number of hydrogen-bond donors (Lipinski definition) is 2. The van der Waals surface area contributed by atoms with Crippen LogP contribution in [-0.2, 0) is 0 Å². The van der Waals surface area contributed by atoms with Gasteiger partial charge in [-0.1, -0.05) is 36.4 Å². The number of benzene rings is 3. The quantitative estimate of drug-likeness (QED) is 0.423. The molecule has 0 saturated carbocycles. The molecule has 0 amide bonds. The second-order valence-electron chi connectivity index (χ2n) is 4.87. The average Bonchev–Trinajstić information content (AvgIpc) is 2.64. The van der Waals surface area contributed by atoms with E-state index in [-0.39, 0.29) is 35.7 Å². The fraction of sp³-hybridized carbons (Fsp3) is 0. The molecule has 0 radical (unpaired) electrons. The van der Waals surface area contributed by atoms with E-state index < -0.39 is 14.6 Å². The molecule has 0 spiro atoms. The molecule has 0 fully saturated rings. The first kappa shape index (κ1) is 29.5. The van der Waals surface area contributed by atoms with Gasteiger partial charge >= 0.3 is 80.5 Å². The summed E-state index contributed by atoms with van der Waals surface area (Å²) in [6.07, 6.45) is 0. The smallest absolute Gasteiger partial charge is 0.860 e. The molecule has 4 N–H and O–H groups in total. The van der Waals surface area contributed by atoms with E-state index in [2.05, 4.69) is 9.31 Å². The van der Waals surface area contributed by atoms with Crippen molar-refractivity contribution in [2.24, 2.45) is 0 Å². The van der Waals surface area contributed by atoms with Crippen LogP contribution in [0.2, 0.25) is 0 Å². The van der Waals surface area contributed by atoms with Gasteiger partial charge in [-0.05, 0) is 24.3 Å². The molecule has 11 heteroatoms. The third kappa shape index (κ3) is 16.9. The Morgan fingerprint density at radius 1 is 0.655 bits per heavy atom. The first-order chi connectivity index (χ1) is 13.0. The third-order valence-corrected chi connectivity index (χ3v) is 2.76. The van der Waals surface area contributed by atoms with Crippen LogP contribution < -0.4 is 65.6 Å². The molecule has 0 atom stereocenters. The van der Waals surface area contributed by atoms with Gasteiger partial charge in [-0.3, -0.25) is 0 Å². The summed E-state index contributed by atoms with van der Waals surface area (Å²) in [5, 5.41) is 38.1. The summed E-state index contributed by atoms with van der Waals surface area (Å²) in [6, 6.07) is 26.2. The summed E-state index contributed by atoms with van der Waals surface area (Å²) in [4.78, 5) is 0. The van der Waals surface area contributed by atoms with Crippen molar-refractivity contribution in [1.82, 2.24) is 6.15 Å². The fourth-order valence-electron chi connectivity index (χ4n) is 1.68. The molecule has 0 aliphatic carbocycles. The van der Waals surface area contributed by atoms with Gasteiger partial charge in [-0.2, -0.15) is 0 Å². The Hall–Kier alpha value is -1.75. The Bertz CT molecular complexity index is 682. The molecule has 0 heterocycles. The van der Waals surface area contributed by atoms with Crippen molar-refractivity contribution in [1.29, 1.82) is 0 Å². The van der Waals surface area contributed by atoms with E-state index in [0.29, 0.717) is 11.5 Å². The zero-order valence-electron chi connectivity index (χ0n) is 16.1. The summed E-state index contributed by atoms with van der Waals surface area (Å²) < 4.78 is 8.72. The third-order valence-electron chi connectivity index (χ3n) is 2.76. The van der Waals surface area contributed by atoms with Crippen LogP contribution in [0.15, 0.2) is 91.0 Å². The molecule has 3 rings (SSSR count). The SMILES string of the molecule is N.[B+2]c1ccccc1.[Na+].[O-]B(O)Oc1ccccc1.[O-]B([O-])Oc1ccccc1. The molecule has 0 saturated heterocycles.